The van der Waals surface area contributed by atoms with E-state index < -0.39 is 16.0 Å². The van der Waals surface area contributed by atoms with Gasteiger partial charge in [-0.2, -0.15) is 5.26 Å². The summed E-state index contributed by atoms with van der Waals surface area (Å²) in [5.41, 5.74) is 0. The smallest absolute Gasteiger partial charge is 0.326 e. The van der Waals surface area contributed by atoms with Crippen molar-refractivity contribution >= 4 is 16.0 Å². The molecule has 166 valence electrons. The summed E-state index contributed by atoms with van der Waals surface area (Å²) in [6.45, 7) is 3.53. The van der Waals surface area contributed by atoms with Gasteiger partial charge in [-0.3, -0.25) is 9.69 Å². The van der Waals surface area contributed by atoms with Crippen LogP contribution in [0.3, 0.4) is 0 Å². The van der Waals surface area contributed by atoms with Crippen LogP contribution in [0.2, 0.25) is 0 Å². The monoisotopic (exact) mass is 439 g/mol. The van der Waals surface area contributed by atoms with Gasteiger partial charge in [0.15, 0.2) is 6.19 Å². The Morgan fingerprint density at radius 2 is 2.13 bits per heavy atom. The van der Waals surface area contributed by atoms with E-state index in [2.05, 4.69) is 4.72 Å². The normalized spacial score (nSPS) is 13.5. The van der Waals surface area contributed by atoms with E-state index in [1.54, 1.807) is 19.1 Å². The van der Waals surface area contributed by atoms with Gasteiger partial charge in [0.1, 0.15) is 12.3 Å². The third-order valence-corrected chi connectivity index (χ3v) is 5.79. The highest BCUT2D eigenvalue weighted by Gasteiger charge is 2.22. The predicted molar refractivity (Wildman–Crippen MR) is 109 cm³/mol. The Morgan fingerprint density at radius 3 is 2.83 bits per heavy atom. The molecular formula is C20H29N3O6S. The lowest BCUT2D eigenvalue weighted by atomic mass is 10.3. The maximum absolute atomic E-state index is 12.4. The fourth-order valence-electron chi connectivity index (χ4n) is 2.50. The van der Waals surface area contributed by atoms with Crippen LogP contribution in [0, 0.1) is 17.4 Å². The molecular weight excluding hydrogens is 410 g/mol. The molecule has 0 saturated heterocycles. The molecule has 0 bridgehead atoms. The van der Waals surface area contributed by atoms with Crippen LogP contribution in [-0.4, -0.2) is 65.3 Å². The van der Waals surface area contributed by atoms with Gasteiger partial charge >= 0.3 is 5.97 Å². The molecule has 1 aliphatic carbocycles. The molecule has 0 amide bonds. The van der Waals surface area contributed by atoms with Crippen molar-refractivity contribution in [2.24, 2.45) is 5.92 Å². The zero-order valence-electron chi connectivity index (χ0n) is 17.2. The number of carbonyl (C=O) groups excluding carboxylic acids is 1. The molecule has 0 heterocycles. The Bertz CT molecular complexity index is 820. The minimum atomic E-state index is -3.62. The maximum Gasteiger partial charge on any atom is 0.326 e. The molecule has 1 aromatic rings. The number of nitrogens with one attached hydrogen (secondary N) is 1. The van der Waals surface area contributed by atoms with Gasteiger partial charge < -0.3 is 14.2 Å². The van der Waals surface area contributed by atoms with E-state index in [4.69, 9.17) is 19.5 Å². The molecule has 1 aromatic carbocycles. The molecule has 0 spiro atoms. The number of benzene rings is 1. The van der Waals surface area contributed by atoms with Gasteiger partial charge in [0.05, 0.1) is 31.3 Å². The molecule has 0 aliphatic heterocycles. The van der Waals surface area contributed by atoms with E-state index in [-0.39, 0.29) is 37.7 Å². The standard InChI is InChI=1S/C20H29N3O6S/c1-2-28-20(24)14-23(16-21)10-12-27-11-4-9-22-30(25,26)19-6-3-5-18(13-19)29-15-17-7-8-17/h3,5-6,13,17,22H,2,4,7-12,14-15H2,1H3. The van der Waals surface area contributed by atoms with Gasteiger partial charge in [-0.15, -0.1) is 0 Å². The largest absolute Gasteiger partial charge is 0.493 e. The van der Waals surface area contributed by atoms with Crippen LogP contribution in [0.5, 0.6) is 5.75 Å². The van der Waals surface area contributed by atoms with Crippen LogP contribution in [0.25, 0.3) is 0 Å². The molecule has 0 radical (unpaired) electrons. The first-order valence-electron chi connectivity index (χ1n) is 10.0. The molecule has 9 nitrogen and oxygen atoms in total. The van der Waals surface area contributed by atoms with Crippen molar-refractivity contribution in [2.45, 2.75) is 31.1 Å². The maximum atomic E-state index is 12.4. The first-order valence-corrected chi connectivity index (χ1v) is 11.5. The van der Waals surface area contributed by atoms with Crippen LogP contribution in [0.4, 0.5) is 0 Å². The molecule has 1 saturated carbocycles. The van der Waals surface area contributed by atoms with Crippen LogP contribution in [0.15, 0.2) is 29.2 Å². The second-order valence-corrected chi connectivity index (χ2v) is 8.69. The van der Waals surface area contributed by atoms with Crippen molar-refractivity contribution in [3.05, 3.63) is 24.3 Å². The fourth-order valence-corrected chi connectivity index (χ4v) is 3.61. The molecule has 1 aliphatic rings. The topological polar surface area (TPSA) is 118 Å². The predicted octanol–water partition coefficient (Wildman–Crippen LogP) is 1.51. The van der Waals surface area contributed by atoms with Crippen molar-refractivity contribution in [3.63, 3.8) is 0 Å². The van der Waals surface area contributed by atoms with Crippen LogP contribution < -0.4 is 9.46 Å². The van der Waals surface area contributed by atoms with Gasteiger partial charge in [0, 0.05) is 19.2 Å². The molecule has 30 heavy (non-hydrogen) atoms. The Labute approximate surface area is 177 Å². The average Bonchev–Trinajstić information content (AvgIpc) is 3.55. The summed E-state index contributed by atoms with van der Waals surface area (Å²) >= 11 is 0. The van der Waals surface area contributed by atoms with E-state index in [1.165, 1.54) is 29.9 Å². The molecule has 10 heteroatoms. The summed E-state index contributed by atoms with van der Waals surface area (Å²) < 4.78 is 43.2. The first-order chi connectivity index (χ1) is 14.4. The lowest BCUT2D eigenvalue weighted by Crippen LogP contribution is -2.30. The number of nitrogens with zero attached hydrogens (tertiary/aromatic N) is 2. The third-order valence-electron chi connectivity index (χ3n) is 4.33. The van der Waals surface area contributed by atoms with Crippen molar-refractivity contribution in [1.29, 1.82) is 5.26 Å². The Kier molecular flexibility index (Phi) is 9.86. The highest BCUT2D eigenvalue weighted by Crippen LogP contribution is 2.29. The minimum Gasteiger partial charge on any atom is -0.493 e. The number of sulfonamides is 1. The Morgan fingerprint density at radius 1 is 1.33 bits per heavy atom. The molecule has 1 N–H and O–H groups in total. The zero-order chi connectivity index (χ0) is 21.8. The molecule has 0 atom stereocenters. The summed E-state index contributed by atoms with van der Waals surface area (Å²) in [6.07, 6.45) is 4.72. The highest BCUT2D eigenvalue weighted by atomic mass is 32.2. The summed E-state index contributed by atoms with van der Waals surface area (Å²) in [6, 6.07) is 6.48. The number of esters is 1. The molecule has 1 fully saturated rings. The van der Waals surface area contributed by atoms with Gasteiger partial charge in [-0.25, -0.2) is 13.1 Å². The van der Waals surface area contributed by atoms with Crippen LogP contribution >= 0.6 is 0 Å². The summed E-state index contributed by atoms with van der Waals surface area (Å²) in [7, 11) is -3.62. The molecule has 2 rings (SSSR count). The van der Waals surface area contributed by atoms with Gasteiger partial charge in [0.25, 0.3) is 0 Å². The zero-order valence-corrected chi connectivity index (χ0v) is 18.0. The second-order valence-electron chi connectivity index (χ2n) is 6.92. The van der Waals surface area contributed by atoms with Crippen molar-refractivity contribution in [1.82, 2.24) is 9.62 Å². The minimum absolute atomic E-state index is 0.114. The number of hydrogen-bond acceptors (Lipinski definition) is 8. The SMILES string of the molecule is CCOC(=O)CN(C#N)CCOCCCNS(=O)(=O)c1cccc(OCC2CC2)c1. The van der Waals surface area contributed by atoms with Crippen molar-refractivity contribution in [2.75, 3.05) is 46.1 Å². The lowest BCUT2D eigenvalue weighted by Gasteiger charge is -2.14. The Balaban J connectivity index is 1.63. The third kappa shape index (κ3) is 8.98. The summed E-state index contributed by atoms with van der Waals surface area (Å²) in [5.74, 6) is 0.683. The lowest BCUT2D eigenvalue weighted by molar-refractivity contribution is -0.143. The van der Waals surface area contributed by atoms with Crippen molar-refractivity contribution < 1.29 is 27.4 Å². The fraction of sp³-hybridized carbons (Fsp3) is 0.600. The number of carbonyl (C=O) groups is 1. The quantitative estimate of drug-likeness (QED) is 0.189. The van der Waals surface area contributed by atoms with E-state index >= 15 is 0 Å². The highest BCUT2D eigenvalue weighted by molar-refractivity contribution is 7.89. The molecule has 0 unspecified atom stereocenters. The van der Waals surface area contributed by atoms with Gasteiger partial charge in [0.2, 0.25) is 10.0 Å². The van der Waals surface area contributed by atoms with E-state index in [0.717, 1.165) is 0 Å². The van der Waals surface area contributed by atoms with E-state index in [1.807, 2.05) is 6.19 Å². The number of nitriles is 1. The number of rotatable bonds is 15. The van der Waals surface area contributed by atoms with Gasteiger partial charge in [-0.05, 0) is 44.2 Å². The first kappa shape index (κ1) is 23.9. The van der Waals surface area contributed by atoms with E-state index in [9.17, 15) is 13.2 Å². The number of ether oxygens (including phenoxy) is 3. The van der Waals surface area contributed by atoms with Crippen LogP contribution in [0.1, 0.15) is 26.2 Å². The molecule has 0 aromatic heterocycles. The van der Waals surface area contributed by atoms with Crippen molar-refractivity contribution in [3.8, 4) is 11.9 Å². The average molecular weight is 440 g/mol. The summed E-state index contributed by atoms with van der Waals surface area (Å²) in [4.78, 5) is 12.8. The van der Waals surface area contributed by atoms with Crippen LogP contribution in [-0.2, 0) is 24.3 Å². The van der Waals surface area contributed by atoms with Gasteiger partial charge in [-0.1, -0.05) is 6.07 Å². The summed E-state index contributed by atoms with van der Waals surface area (Å²) in [5, 5.41) is 8.99. The second kappa shape index (κ2) is 12.4. The number of hydrogen-bond donors (Lipinski definition) is 1. The Hall–Kier alpha value is -2.35. The van der Waals surface area contributed by atoms with E-state index in [0.29, 0.717) is 31.3 Å².